The summed E-state index contributed by atoms with van der Waals surface area (Å²) in [6, 6.07) is 5.40. The van der Waals surface area contributed by atoms with Crippen molar-refractivity contribution in [1.82, 2.24) is 14.8 Å². The summed E-state index contributed by atoms with van der Waals surface area (Å²) in [5.74, 6) is 1.87. The van der Waals surface area contributed by atoms with Gasteiger partial charge in [-0.1, -0.05) is 25.4 Å². The number of hydrogen-bond donors (Lipinski definition) is 1. The van der Waals surface area contributed by atoms with Gasteiger partial charge < -0.3 is 5.73 Å². The molecule has 0 radical (unpaired) electrons. The number of hydrogen-bond acceptors (Lipinski definition) is 3. The van der Waals surface area contributed by atoms with Crippen LogP contribution in [0.25, 0.3) is 11.4 Å². The highest BCUT2D eigenvalue weighted by atomic mass is 35.5. The monoisotopic (exact) mass is 250 g/mol. The Labute approximate surface area is 105 Å². The molecule has 0 amide bonds. The van der Waals surface area contributed by atoms with Crippen LogP contribution >= 0.6 is 11.6 Å². The second-order valence-electron chi connectivity index (χ2n) is 4.31. The van der Waals surface area contributed by atoms with Crippen LogP contribution in [0.1, 0.15) is 25.6 Å². The minimum atomic E-state index is 0.294. The van der Waals surface area contributed by atoms with Crippen molar-refractivity contribution in [3.63, 3.8) is 0 Å². The van der Waals surface area contributed by atoms with E-state index in [2.05, 4.69) is 23.9 Å². The predicted octanol–water partition coefficient (Wildman–Crippen LogP) is 2.84. The van der Waals surface area contributed by atoms with Crippen molar-refractivity contribution < 1.29 is 0 Å². The number of nitrogen functional groups attached to an aromatic ring is 1. The van der Waals surface area contributed by atoms with E-state index in [9.17, 15) is 0 Å². The van der Waals surface area contributed by atoms with Gasteiger partial charge in [0, 0.05) is 24.2 Å². The smallest absolute Gasteiger partial charge is 0.159 e. The number of aromatic nitrogens is 3. The molecule has 0 saturated carbocycles. The normalized spacial score (nSPS) is 11.1. The lowest BCUT2D eigenvalue weighted by Crippen LogP contribution is -1.96. The van der Waals surface area contributed by atoms with Gasteiger partial charge in [0.2, 0.25) is 0 Å². The molecule has 2 rings (SSSR count). The summed E-state index contributed by atoms with van der Waals surface area (Å²) in [5.41, 5.74) is 7.16. The minimum absolute atomic E-state index is 0.294. The molecule has 2 aromatic rings. The van der Waals surface area contributed by atoms with E-state index < -0.39 is 0 Å². The molecule has 0 saturated heterocycles. The van der Waals surface area contributed by atoms with E-state index in [1.807, 2.05) is 19.2 Å². The van der Waals surface area contributed by atoms with Crippen molar-refractivity contribution in [2.24, 2.45) is 7.05 Å². The summed E-state index contributed by atoms with van der Waals surface area (Å²) in [4.78, 5) is 4.50. The highest BCUT2D eigenvalue weighted by molar-refractivity contribution is 6.33. The van der Waals surface area contributed by atoms with Crippen LogP contribution in [0, 0.1) is 0 Å². The van der Waals surface area contributed by atoms with E-state index in [-0.39, 0.29) is 0 Å². The van der Waals surface area contributed by atoms with Crippen LogP contribution in [0.3, 0.4) is 0 Å². The molecular formula is C12H15ClN4. The largest absolute Gasteiger partial charge is 0.399 e. The molecule has 0 aliphatic rings. The average Bonchev–Trinajstić information content (AvgIpc) is 2.61. The number of nitrogens with zero attached hydrogens (tertiary/aromatic N) is 3. The third kappa shape index (κ3) is 2.26. The first-order valence-electron chi connectivity index (χ1n) is 5.45. The Kier molecular flexibility index (Phi) is 3.07. The topological polar surface area (TPSA) is 56.7 Å². The number of anilines is 1. The van der Waals surface area contributed by atoms with Crippen LogP contribution in [0.4, 0.5) is 5.69 Å². The first kappa shape index (κ1) is 11.9. The van der Waals surface area contributed by atoms with Crippen molar-refractivity contribution in [2.75, 3.05) is 5.73 Å². The lowest BCUT2D eigenvalue weighted by molar-refractivity contribution is 0.712. The summed E-state index contributed by atoms with van der Waals surface area (Å²) < 4.78 is 1.74. The predicted molar refractivity (Wildman–Crippen MR) is 70.0 cm³/mol. The first-order valence-corrected chi connectivity index (χ1v) is 5.83. The number of rotatable bonds is 2. The number of nitrogens with two attached hydrogens (primary N) is 1. The van der Waals surface area contributed by atoms with Crippen LogP contribution < -0.4 is 5.73 Å². The van der Waals surface area contributed by atoms with Gasteiger partial charge in [-0.25, -0.2) is 9.67 Å². The number of benzene rings is 1. The van der Waals surface area contributed by atoms with Gasteiger partial charge in [0.05, 0.1) is 5.02 Å². The lowest BCUT2D eigenvalue weighted by atomic mass is 10.2. The van der Waals surface area contributed by atoms with Gasteiger partial charge in [-0.15, -0.1) is 0 Å². The van der Waals surface area contributed by atoms with E-state index in [1.54, 1.807) is 10.7 Å². The third-order valence-electron chi connectivity index (χ3n) is 2.53. The quantitative estimate of drug-likeness (QED) is 0.834. The van der Waals surface area contributed by atoms with Crippen LogP contribution in [0.5, 0.6) is 0 Å². The summed E-state index contributed by atoms with van der Waals surface area (Å²) >= 11 is 6.16. The molecule has 0 bridgehead atoms. The first-order chi connectivity index (χ1) is 7.99. The van der Waals surface area contributed by atoms with Crippen molar-refractivity contribution in [3.05, 3.63) is 29.0 Å². The van der Waals surface area contributed by atoms with Crippen molar-refractivity contribution in [1.29, 1.82) is 0 Å². The molecule has 2 N–H and O–H groups in total. The van der Waals surface area contributed by atoms with Crippen molar-refractivity contribution in [2.45, 2.75) is 19.8 Å². The molecule has 0 aliphatic heterocycles. The zero-order valence-corrected chi connectivity index (χ0v) is 10.9. The molecule has 17 heavy (non-hydrogen) atoms. The maximum Gasteiger partial charge on any atom is 0.159 e. The number of aryl methyl sites for hydroxylation is 1. The SMILES string of the molecule is CC(C)c1nc(-c2ccc(N)cc2Cl)n(C)n1. The van der Waals surface area contributed by atoms with Crippen LogP contribution in [-0.4, -0.2) is 14.8 Å². The van der Waals surface area contributed by atoms with Crippen LogP contribution in [0.2, 0.25) is 5.02 Å². The van der Waals surface area contributed by atoms with Gasteiger partial charge in [-0.3, -0.25) is 0 Å². The Hall–Kier alpha value is -1.55. The molecule has 90 valence electrons. The summed E-state index contributed by atoms with van der Waals surface area (Å²) in [5, 5.41) is 4.96. The molecule has 4 nitrogen and oxygen atoms in total. The highest BCUT2D eigenvalue weighted by Crippen LogP contribution is 2.28. The fraction of sp³-hybridized carbons (Fsp3) is 0.333. The Morgan fingerprint density at radius 2 is 2.06 bits per heavy atom. The van der Waals surface area contributed by atoms with Crippen LogP contribution in [0.15, 0.2) is 18.2 Å². The van der Waals surface area contributed by atoms with E-state index >= 15 is 0 Å². The Morgan fingerprint density at radius 3 is 2.59 bits per heavy atom. The molecule has 0 aliphatic carbocycles. The van der Waals surface area contributed by atoms with E-state index in [0.29, 0.717) is 16.6 Å². The maximum atomic E-state index is 6.16. The van der Waals surface area contributed by atoms with Crippen molar-refractivity contribution >= 4 is 17.3 Å². The Morgan fingerprint density at radius 1 is 1.35 bits per heavy atom. The van der Waals surface area contributed by atoms with Gasteiger partial charge in [0.15, 0.2) is 11.6 Å². The maximum absolute atomic E-state index is 6.16. The zero-order valence-electron chi connectivity index (χ0n) is 10.1. The molecule has 0 unspecified atom stereocenters. The second kappa shape index (κ2) is 4.37. The minimum Gasteiger partial charge on any atom is -0.399 e. The molecule has 0 spiro atoms. The van der Waals surface area contributed by atoms with Crippen LogP contribution in [-0.2, 0) is 7.05 Å². The molecule has 1 aromatic carbocycles. The molecule has 1 aromatic heterocycles. The van der Waals surface area contributed by atoms with Gasteiger partial charge in [0.25, 0.3) is 0 Å². The molecule has 0 atom stereocenters. The van der Waals surface area contributed by atoms with Gasteiger partial charge in [-0.05, 0) is 18.2 Å². The van der Waals surface area contributed by atoms with E-state index in [0.717, 1.165) is 17.2 Å². The Bertz CT molecular complexity index is 545. The third-order valence-corrected chi connectivity index (χ3v) is 2.84. The summed E-state index contributed by atoms with van der Waals surface area (Å²) in [6.45, 7) is 4.12. The highest BCUT2D eigenvalue weighted by Gasteiger charge is 2.14. The number of halogens is 1. The van der Waals surface area contributed by atoms with Gasteiger partial charge in [0.1, 0.15) is 0 Å². The average molecular weight is 251 g/mol. The van der Waals surface area contributed by atoms with E-state index in [1.165, 1.54) is 0 Å². The van der Waals surface area contributed by atoms with Gasteiger partial charge >= 0.3 is 0 Å². The van der Waals surface area contributed by atoms with E-state index in [4.69, 9.17) is 17.3 Å². The second-order valence-corrected chi connectivity index (χ2v) is 4.72. The fourth-order valence-corrected chi connectivity index (χ4v) is 1.87. The zero-order chi connectivity index (χ0) is 12.6. The standard InChI is InChI=1S/C12H15ClN4/c1-7(2)11-15-12(17(3)16-11)9-5-4-8(14)6-10(9)13/h4-7H,14H2,1-3H3. The molecule has 1 heterocycles. The lowest BCUT2D eigenvalue weighted by Gasteiger charge is -2.03. The Balaban J connectivity index is 2.52. The fourth-order valence-electron chi connectivity index (χ4n) is 1.60. The summed E-state index contributed by atoms with van der Waals surface area (Å²) in [6.07, 6.45) is 0. The molecule has 5 heteroatoms. The van der Waals surface area contributed by atoms with Crippen molar-refractivity contribution in [3.8, 4) is 11.4 Å². The molecular weight excluding hydrogens is 236 g/mol. The van der Waals surface area contributed by atoms with Gasteiger partial charge in [-0.2, -0.15) is 5.10 Å². The summed E-state index contributed by atoms with van der Waals surface area (Å²) in [7, 11) is 1.86. The molecule has 0 fully saturated rings.